The lowest BCUT2D eigenvalue weighted by Crippen LogP contribution is -2.28. The Labute approximate surface area is 127 Å². The first-order valence-corrected chi connectivity index (χ1v) is 6.84. The molecule has 1 unspecified atom stereocenters. The third-order valence-corrected chi connectivity index (χ3v) is 3.33. The average molecular weight is 297 g/mol. The number of carbonyl (C=O) groups excluding carboxylic acids is 1. The molecule has 1 amide bonds. The van der Waals surface area contributed by atoms with Gasteiger partial charge in [-0.1, -0.05) is 5.16 Å². The summed E-state index contributed by atoms with van der Waals surface area (Å²) in [4.78, 5) is 21.3. The van der Waals surface area contributed by atoms with Crippen molar-refractivity contribution in [2.45, 2.75) is 12.5 Å². The molecule has 0 aliphatic carbocycles. The Hall–Kier alpha value is -2.89. The first kappa shape index (κ1) is 14.1. The molecule has 1 aliphatic rings. The van der Waals surface area contributed by atoms with Crippen molar-refractivity contribution in [1.29, 1.82) is 0 Å². The van der Waals surface area contributed by atoms with E-state index in [-0.39, 0.29) is 5.91 Å². The Morgan fingerprint density at radius 1 is 1.23 bits per heavy atom. The summed E-state index contributed by atoms with van der Waals surface area (Å²) in [7, 11) is 1.62. The summed E-state index contributed by atoms with van der Waals surface area (Å²) >= 11 is 0. The van der Waals surface area contributed by atoms with E-state index in [1.165, 1.54) is 0 Å². The zero-order valence-electron chi connectivity index (χ0n) is 12.0. The molecule has 0 radical (unpaired) electrons. The molecular weight excluding hydrogens is 282 g/mol. The first-order valence-electron chi connectivity index (χ1n) is 6.84. The number of rotatable bonds is 4. The van der Waals surface area contributed by atoms with E-state index in [0.29, 0.717) is 12.1 Å². The number of ether oxygens (including phenoxy) is 1. The van der Waals surface area contributed by atoms with Gasteiger partial charge in [-0.3, -0.25) is 9.78 Å². The van der Waals surface area contributed by atoms with Gasteiger partial charge in [0, 0.05) is 24.5 Å². The average Bonchev–Trinajstić information content (AvgIpc) is 3.06. The predicted octanol–water partition coefficient (Wildman–Crippen LogP) is 2.22. The summed E-state index contributed by atoms with van der Waals surface area (Å²) in [6.45, 7) is 0. The molecule has 3 rings (SSSR count). The van der Waals surface area contributed by atoms with Gasteiger partial charge >= 0.3 is 0 Å². The SMILES string of the molecule is COc1ccc(C2=NOC(C(=O)Nc3ccncc3)C2)cc1. The molecule has 1 N–H and O–H groups in total. The van der Waals surface area contributed by atoms with E-state index in [1.807, 2.05) is 24.3 Å². The molecule has 6 heteroatoms. The van der Waals surface area contributed by atoms with Gasteiger partial charge in [0.15, 0.2) is 0 Å². The van der Waals surface area contributed by atoms with Gasteiger partial charge in [-0.2, -0.15) is 0 Å². The van der Waals surface area contributed by atoms with Gasteiger partial charge in [0.1, 0.15) is 5.75 Å². The number of benzene rings is 1. The number of anilines is 1. The van der Waals surface area contributed by atoms with Crippen LogP contribution in [0.4, 0.5) is 5.69 Å². The fourth-order valence-electron chi connectivity index (χ4n) is 2.13. The highest BCUT2D eigenvalue weighted by Crippen LogP contribution is 2.20. The van der Waals surface area contributed by atoms with Gasteiger partial charge in [0.05, 0.1) is 12.8 Å². The quantitative estimate of drug-likeness (QED) is 0.939. The largest absolute Gasteiger partial charge is 0.497 e. The van der Waals surface area contributed by atoms with Crippen LogP contribution in [0.15, 0.2) is 53.9 Å². The van der Waals surface area contributed by atoms with Crippen LogP contribution in [0.25, 0.3) is 0 Å². The molecule has 1 aromatic heterocycles. The van der Waals surface area contributed by atoms with E-state index < -0.39 is 6.10 Å². The molecule has 6 nitrogen and oxygen atoms in total. The maximum absolute atomic E-state index is 12.1. The lowest BCUT2D eigenvalue weighted by molar-refractivity contribution is -0.125. The van der Waals surface area contributed by atoms with Crippen molar-refractivity contribution in [2.75, 3.05) is 12.4 Å². The molecule has 1 aromatic carbocycles. The van der Waals surface area contributed by atoms with Crippen molar-refractivity contribution in [3.63, 3.8) is 0 Å². The van der Waals surface area contributed by atoms with E-state index in [0.717, 1.165) is 17.0 Å². The van der Waals surface area contributed by atoms with Crippen molar-refractivity contribution in [3.05, 3.63) is 54.4 Å². The number of hydrogen-bond acceptors (Lipinski definition) is 5. The van der Waals surface area contributed by atoms with Crippen LogP contribution in [0, 0.1) is 0 Å². The van der Waals surface area contributed by atoms with Crippen LogP contribution in [0.2, 0.25) is 0 Å². The van der Waals surface area contributed by atoms with Crippen LogP contribution >= 0.6 is 0 Å². The lowest BCUT2D eigenvalue weighted by atomic mass is 10.0. The number of pyridine rings is 1. The fraction of sp³-hybridized carbons (Fsp3) is 0.188. The van der Waals surface area contributed by atoms with Crippen LogP contribution in [-0.4, -0.2) is 29.8 Å². The number of nitrogens with one attached hydrogen (secondary N) is 1. The third kappa shape index (κ3) is 3.06. The summed E-state index contributed by atoms with van der Waals surface area (Å²) in [6.07, 6.45) is 3.04. The molecule has 0 fully saturated rings. The van der Waals surface area contributed by atoms with Crippen LogP contribution in [0.3, 0.4) is 0 Å². The number of hydrogen-bond donors (Lipinski definition) is 1. The molecule has 0 bridgehead atoms. The zero-order valence-corrected chi connectivity index (χ0v) is 12.0. The Bertz CT molecular complexity index is 684. The molecule has 112 valence electrons. The molecule has 2 heterocycles. The van der Waals surface area contributed by atoms with E-state index in [9.17, 15) is 4.79 Å². The molecule has 2 aromatic rings. The molecule has 0 saturated carbocycles. The van der Waals surface area contributed by atoms with Crippen molar-refractivity contribution in [3.8, 4) is 5.75 Å². The summed E-state index contributed by atoms with van der Waals surface area (Å²) in [5.74, 6) is 0.550. The zero-order chi connectivity index (χ0) is 15.4. The highest BCUT2D eigenvalue weighted by Gasteiger charge is 2.28. The number of nitrogens with zero attached hydrogens (tertiary/aromatic N) is 2. The minimum Gasteiger partial charge on any atom is -0.497 e. The summed E-state index contributed by atoms with van der Waals surface area (Å²) in [6, 6.07) is 10.9. The summed E-state index contributed by atoms with van der Waals surface area (Å²) in [5.41, 5.74) is 2.35. The predicted molar refractivity (Wildman–Crippen MR) is 81.9 cm³/mol. The smallest absolute Gasteiger partial charge is 0.268 e. The molecule has 1 aliphatic heterocycles. The molecule has 0 spiro atoms. The van der Waals surface area contributed by atoms with Gasteiger partial charge in [0.25, 0.3) is 5.91 Å². The van der Waals surface area contributed by atoms with E-state index in [1.54, 1.807) is 31.6 Å². The van der Waals surface area contributed by atoms with Crippen molar-refractivity contribution in [1.82, 2.24) is 4.98 Å². The van der Waals surface area contributed by atoms with Gasteiger partial charge < -0.3 is 14.9 Å². The normalized spacial score (nSPS) is 16.6. The maximum atomic E-state index is 12.1. The topological polar surface area (TPSA) is 72.8 Å². The standard InChI is InChI=1S/C16H15N3O3/c1-21-13-4-2-11(3-5-13)14-10-15(22-19-14)16(20)18-12-6-8-17-9-7-12/h2-9,15H,10H2,1H3,(H,17,18,20). The fourth-order valence-corrected chi connectivity index (χ4v) is 2.13. The number of carbonyl (C=O) groups is 1. The Morgan fingerprint density at radius 3 is 2.64 bits per heavy atom. The first-order chi connectivity index (χ1) is 10.8. The second kappa shape index (κ2) is 6.26. The lowest BCUT2D eigenvalue weighted by Gasteiger charge is -2.09. The minimum absolute atomic E-state index is 0.224. The van der Waals surface area contributed by atoms with Crippen molar-refractivity contribution >= 4 is 17.3 Å². The maximum Gasteiger partial charge on any atom is 0.268 e. The van der Waals surface area contributed by atoms with Gasteiger partial charge in [-0.15, -0.1) is 0 Å². The van der Waals surface area contributed by atoms with Crippen molar-refractivity contribution in [2.24, 2.45) is 5.16 Å². The number of aromatic nitrogens is 1. The molecule has 1 atom stereocenters. The monoisotopic (exact) mass is 297 g/mol. The highest BCUT2D eigenvalue weighted by molar-refractivity contribution is 6.06. The van der Waals surface area contributed by atoms with Gasteiger partial charge in [-0.25, -0.2) is 0 Å². The van der Waals surface area contributed by atoms with Crippen LogP contribution < -0.4 is 10.1 Å². The van der Waals surface area contributed by atoms with Gasteiger partial charge in [-0.05, 0) is 42.0 Å². The number of oxime groups is 1. The minimum atomic E-state index is -0.620. The van der Waals surface area contributed by atoms with Gasteiger partial charge in [0.2, 0.25) is 6.10 Å². The van der Waals surface area contributed by atoms with Crippen LogP contribution in [0.5, 0.6) is 5.75 Å². The summed E-state index contributed by atoms with van der Waals surface area (Å²) < 4.78 is 5.12. The van der Waals surface area contributed by atoms with Crippen LogP contribution in [0.1, 0.15) is 12.0 Å². The highest BCUT2D eigenvalue weighted by atomic mass is 16.6. The van der Waals surface area contributed by atoms with E-state index in [2.05, 4.69) is 15.5 Å². The van der Waals surface area contributed by atoms with E-state index >= 15 is 0 Å². The second-order valence-corrected chi connectivity index (χ2v) is 4.79. The van der Waals surface area contributed by atoms with E-state index in [4.69, 9.17) is 9.57 Å². The Kier molecular flexibility index (Phi) is 4.00. The van der Waals surface area contributed by atoms with Crippen molar-refractivity contribution < 1.29 is 14.4 Å². The molecule has 22 heavy (non-hydrogen) atoms. The number of methoxy groups -OCH3 is 1. The molecular formula is C16H15N3O3. The third-order valence-electron chi connectivity index (χ3n) is 3.33. The Balaban J connectivity index is 1.62. The number of amides is 1. The Morgan fingerprint density at radius 2 is 1.95 bits per heavy atom. The van der Waals surface area contributed by atoms with Crippen LogP contribution in [-0.2, 0) is 9.63 Å². The summed E-state index contributed by atoms with van der Waals surface area (Å²) in [5, 5.41) is 6.79. The molecule has 0 saturated heterocycles. The second-order valence-electron chi connectivity index (χ2n) is 4.79.